The molecule has 0 saturated carbocycles. The van der Waals surface area contributed by atoms with E-state index in [4.69, 9.17) is 28.3 Å². The van der Waals surface area contributed by atoms with E-state index in [1.54, 1.807) is 0 Å². The number of hydrogen-bond acceptors (Lipinski definition) is 2. The molecule has 0 fully saturated rings. The van der Waals surface area contributed by atoms with E-state index in [-0.39, 0.29) is 14.9 Å². The lowest BCUT2D eigenvalue weighted by molar-refractivity contribution is 0.598. The Hall–Kier alpha value is -0.290. The minimum Gasteiger partial charge on any atom is -0.225 e. The third-order valence-corrected chi connectivity index (χ3v) is 2.83. The molecule has 0 aliphatic carbocycles. The predicted octanol–water partition coefficient (Wildman–Crippen LogP) is 1.64. The van der Waals surface area contributed by atoms with Crippen LogP contribution >= 0.6 is 23.2 Å². The first kappa shape index (κ1) is 9.80. The van der Waals surface area contributed by atoms with Crippen LogP contribution in [0.4, 0.5) is 0 Å². The molecule has 1 aromatic rings. The second kappa shape index (κ2) is 3.22. The summed E-state index contributed by atoms with van der Waals surface area (Å²) in [5.41, 5.74) is 0. The van der Waals surface area contributed by atoms with Crippen LogP contribution in [0.25, 0.3) is 0 Å². The Balaban J connectivity index is 3.43. The largest absolute Gasteiger partial charge is 0.239 e. The van der Waals surface area contributed by atoms with Gasteiger partial charge < -0.3 is 0 Å². The first-order valence-electron chi connectivity index (χ1n) is 2.89. The molecule has 0 bridgehead atoms. The Morgan fingerprint density at radius 3 is 2.25 bits per heavy atom. The van der Waals surface area contributed by atoms with Crippen LogP contribution in [-0.2, 0) is 10.0 Å². The highest BCUT2D eigenvalue weighted by Gasteiger charge is 2.12. The summed E-state index contributed by atoms with van der Waals surface area (Å²) in [6, 6.07) is 4.07. The standard InChI is InChI=1S/C6H5Cl2NO2S/c7-4-1-2-5(8)6(3-4)12(9,10)11/h1-3H,(H2,9,10,11). The summed E-state index contributed by atoms with van der Waals surface area (Å²) in [7, 11) is -3.77. The molecule has 2 N–H and O–H groups in total. The van der Waals surface area contributed by atoms with Crippen molar-refractivity contribution in [3.8, 4) is 0 Å². The SMILES string of the molecule is NS(=O)(=O)c1cc(Cl)ccc1Cl. The highest BCUT2D eigenvalue weighted by Crippen LogP contribution is 2.23. The van der Waals surface area contributed by atoms with Crippen molar-refractivity contribution in [2.24, 2.45) is 5.14 Å². The second-order valence-corrected chi connectivity index (χ2v) is 4.49. The van der Waals surface area contributed by atoms with E-state index < -0.39 is 10.0 Å². The van der Waals surface area contributed by atoms with Crippen molar-refractivity contribution in [2.75, 3.05) is 0 Å². The van der Waals surface area contributed by atoms with Crippen LogP contribution in [0.1, 0.15) is 0 Å². The lowest BCUT2D eigenvalue weighted by Crippen LogP contribution is -2.12. The van der Waals surface area contributed by atoms with Crippen LogP contribution in [-0.4, -0.2) is 8.42 Å². The summed E-state index contributed by atoms with van der Waals surface area (Å²) in [6.07, 6.45) is 0. The Bertz CT molecular complexity index is 402. The lowest BCUT2D eigenvalue weighted by Gasteiger charge is -2.00. The van der Waals surface area contributed by atoms with Crippen molar-refractivity contribution in [1.82, 2.24) is 0 Å². The zero-order valence-corrected chi connectivity index (χ0v) is 8.12. The van der Waals surface area contributed by atoms with Gasteiger partial charge in [0.15, 0.2) is 0 Å². The number of halogens is 2. The smallest absolute Gasteiger partial charge is 0.225 e. The van der Waals surface area contributed by atoms with E-state index in [1.807, 2.05) is 0 Å². The molecule has 0 aliphatic heterocycles. The quantitative estimate of drug-likeness (QED) is 0.791. The lowest BCUT2D eigenvalue weighted by atomic mass is 10.4. The molecule has 0 saturated heterocycles. The van der Waals surface area contributed by atoms with Crippen LogP contribution in [0.15, 0.2) is 23.1 Å². The van der Waals surface area contributed by atoms with Crippen LogP contribution in [0.5, 0.6) is 0 Å². The number of benzene rings is 1. The fraction of sp³-hybridized carbons (Fsp3) is 0. The monoisotopic (exact) mass is 225 g/mol. The molecule has 0 aromatic heterocycles. The summed E-state index contributed by atoms with van der Waals surface area (Å²) in [4.78, 5) is -0.156. The fourth-order valence-electron chi connectivity index (χ4n) is 0.695. The van der Waals surface area contributed by atoms with E-state index >= 15 is 0 Å². The predicted molar refractivity (Wildman–Crippen MR) is 47.8 cm³/mol. The summed E-state index contributed by atoms with van der Waals surface area (Å²) in [5, 5.41) is 5.21. The third-order valence-electron chi connectivity index (χ3n) is 1.20. The van der Waals surface area contributed by atoms with Gasteiger partial charge in [-0.2, -0.15) is 0 Å². The molecule has 1 rings (SSSR count). The summed E-state index contributed by atoms with van der Waals surface area (Å²) < 4.78 is 21.7. The van der Waals surface area contributed by atoms with Crippen LogP contribution < -0.4 is 5.14 Å². The van der Waals surface area contributed by atoms with E-state index in [2.05, 4.69) is 0 Å². The fourth-order valence-corrected chi connectivity index (χ4v) is 2.00. The molecule has 0 spiro atoms. The molecule has 66 valence electrons. The van der Waals surface area contributed by atoms with Gasteiger partial charge in [0.2, 0.25) is 10.0 Å². The van der Waals surface area contributed by atoms with Crippen molar-refractivity contribution >= 4 is 33.2 Å². The first-order valence-corrected chi connectivity index (χ1v) is 5.19. The molecular formula is C6H5Cl2NO2S. The van der Waals surface area contributed by atoms with Gasteiger partial charge in [0, 0.05) is 5.02 Å². The molecule has 0 amide bonds. The van der Waals surface area contributed by atoms with Crippen molar-refractivity contribution in [2.45, 2.75) is 4.90 Å². The maximum atomic E-state index is 10.8. The van der Waals surface area contributed by atoms with Crippen molar-refractivity contribution in [1.29, 1.82) is 0 Å². The number of rotatable bonds is 1. The summed E-state index contributed by atoms with van der Waals surface area (Å²) in [5.74, 6) is 0. The second-order valence-electron chi connectivity index (χ2n) is 2.12. The van der Waals surface area contributed by atoms with Crippen LogP contribution in [0.2, 0.25) is 10.0 Å². The maximum Gasteiger partial charge on any atom is 0.239 e. The van der Waals surface area contributed by atoms with Gasteiger partial charge in [-0.1, -0.05) is 23.2 Å². The van der Waals surface area contributed by atoms with E-state index in [1.165, 1.54) is 18.2 Å². The summed E-state index contributed by atoms with van der Waals surface area (Å²) >= 11 is 11.1. The highest BCUT2D eigenvalue weighted by molar-refractivity contribution is 7.89. The molecule has 6 heteroatoms. The zero-order valence-electron chi connectivity index (χ0n) is 5.79. The number of hydrogen-bond donors (Lipinski definition) is 1. The molecule has 0 unspecified atom stereocenters. The van der Waals surface area contributed by atoms with Crippen molar-refractivity contribution in [3.63, 3.8) is 0 Å². The molecule has 3 nitrogen and oxygen atoms in total. The topological polar surface area (TPSA) is 60.2 Å². The third kappa shape index (κ3) is 2.10. The molecule has 0 radical (unpaired) electrons. The van der Waals surface area contributed by atoms with Gasteiger partial charge in [-0.3, -0.25) is 0 Å². The van der Waals surface area contributed by atoms with Crippen LogP contribution in [0, 0.1) is 0 Å². The molecule has 12 heavy (non-hydrogen) atoms. The zero-order chi connectivity index (χ0) is 9.35. The minimum atomic E-state index is -3.77. The van der Waals surface area contributed by atoms with E-state index in [0.29, 0.717) is 0 Å². The molecular weight excluding hydrogens is 221 g/mol. The normalized spacial score (nSPS) is 11.6. The molecule has 0 heterocycles. The van der Waals surface area contributed by atoms with Crippen molar-refractivity contribution in [3.05, 3.63) is 28.2 Å². The average molecular weight is 226 g/mol. The highest BCUT2D eigenvalue weighted by atomic mass is 35.5. The first-order chi connectivity index (χ1) is 5.41. The van der Waals surface area contributed by atoms with E-state index in [0.717, 1.165) is 0 Å². The average Bonchev–Trinajstić information content (AvgIpc) is 1.92. The number of sulfonamides is 1. The Labute approximate surface area is 80.1 Å². The van der Waals surface area contributed by atoms with Gasteiger partial charge in [0.1, 0.15) is 4.90 Å². The van der Waals surface area contributed by atoms with Gasteiger partial charge in [-0.05, 0) is 18.2 Å². The number of nitrogens with two attached hydrogens (primary N) is 1. The Morgan fingerprint density at radius 2 is 1.83 bits per heavy atom. The van der Waals surface area contributed by atoms with E-state index in [9.17, 15) is 8.42 Å². The maximum absolute atomic E-state index is 10.8. The van der Waals surface area contributed by atoms with Crippen LogP contribution in [0.3, 0.4) is 0 Å². The number of primary sulfonamides is 1. The van der Waals surface area contributed by atoms with Gasteiger partial charge in [0.25, 0.3) is 0 Å². The van der Waals surface area contributed by atoms with Gasteiger partial charge in [0.05, 0.1) is 5.02 Å². The Morgan fingerprint density at radius 1 is 1.25 bits per heavy atom. The molecule has 0 aliphatic rings. The molecule has 1 aromatic carbocycles. The minimum absolute atomic E-state index is 0.0712. The summed E-state index contributed by atoms with van der Waals surface area (Å²) in [6.45, 7) is 0. The van der Waals surface area contributed by atoms with Crippen molar-refractivity contribution < 1.29 is 8.42 Å². The van der Waals surface area contributed by atoms with Gasteiger partial charge >= 0.3 is 0 Å². The van der Waals surface area contributed by atoms with Gasteiger partial charge in [-0.25, -0.2) is 13.6 Å². The Kier molecular flexibility index (Phi) is 2.63. The van der Waals surface area contributed by atoms with Gasteiger partial charge in [-0.15, -0.1) is 0 Å². The molecule has 0 atom stereocenters.